The van der Waals surface area contributed by atoms with Crippen LogP contribution >= 0.6 is 11.3 Å². The zero-order valence-corrected chi connectivity index (χ0v) is 19.0. The van der Waals surface area contributed by atoms with Gasteiger partial charge in [0, 0.05) is 22.1 Å². The zero-order chi connectivity index (χ0) is 27.1. The van der Waals surface area contributed by atoms with Crippen molar-refractivity contribution in [3.05, 3.63) is 82.7 Å². The van der Waals surface area contributed by atoms with Crippen LogP contribution in [0.15, 0.2) is 66.0 Å². The SMILES string of the molecule is O=C(O)c1cc(-c2nc(-c3cc(C(F)(F)F)cc(C(F)(F)F)c3)cs2)ccc1-c1ccccc1N(O)O. The Kier molecular flexibility index (Phi) is 6.71. The van der Waals surface area contributed by atoms with Crippen molar-refractivity contribution in [2.75, 3.05) is 5.23 Å². The molecule has 0 saturated carbocycles. The van der Waals surface area contributed by atoms with E-state index in [4.69, 9.17) is 0 Å². The van der Waals surface area contributed by atoms with Crippen molar-refractivity contribution in [3.63, 3.8) is 0 Å². The Morgan fingerprint density at radius 1 is 0.811 bits per heavy atom. The average molecular weight is 540 g/mol. The summed E-state index contributed by atoms with van der Waals surface area (Å²) in [4.78, 5) is 16.1. The van der Waals surface area contributed by atoms with Crippen LogP contribution in [-0.4, -0.2) is 26.5 Å². The lowest BCUT2D eigenvalue weighted by atomic mass is 9.96. The second kappa shape index (κ2) is 9.50. The Morgan fingerprint density at radius 2 is 1.43 bits per heavy atom. The number of halogens is 6. The van der Waals surface area contributed by atoms with Gasteiger partial charge in [0.15, 0.2) is 0 Å². The molecule has 4 rings (SSSR count). The lowest BCUT2D eigenvalue weighted by Crippen LogP contribution is -2.12. The molecule has 3 N–H and O–H groups in total. The summed E-state index contributed by atoms with van der Waals surface area (Å²) in [6.07, 6.45) is -10.0. The molecule has 0 unspecified atom stereocenters. The number of para-hydroxylation sites is 1. The molecule has 0 aliphatic rings. The van der Waals surface area contributed by atoms with Gasteiger partial charge >= 0.3 is 18.3 Å². The Labute approximate surface area is 208 Å². The first-order valence-electron chi connectivity index (χ1n) is 10.2. The first-order chi connectivity index (χ1) is 17.3. The number of carbonyl (C=O) groups is 1. The number of aromatic carboxylic acids is 1. The van der Waals surface area contributed by atoms with E-state index < -0.39 is 35.0 Å². The van der Waals surface area contributed by atoms with Crippen molar-refractivity contribution in [1.82, 2.24) is 4.98 Å². The first-order valence-corrected chi connectivity index (χ1v) is 11.0. The summed E-state index contributed by atoms with van der Waals surface area (Å²) in [6.45, 7) is 0. The van der Waals surface area contributed by atoms with Crippen LogP contribution in [-0.2, 0) is 12.4 Å². The Morgan fingerprint density at radius 3 is 2.00 bits per heavy atom. The highest BCUT2D eigenvalue weighted by molar-refractivity contribution is 7.13. The number of anilines is 1. The van der Waals surface area contributed by atoms with Crippen molar-refractivity contribution in [2.24, 2.45) is 0 Å². The van der Waals surface area contributed by atoms with Crippen molar-refractivity contribution >= 4 is 23.0 Å². The van der Waals surface area contributed by atoms with Gasteiger partial charge in [0.05, 0.1) is 22.4 Å². The standard InChI is InChI=1S/C24H14F6N2O4S/c25-23(26,27)14-7-13(8-15(10-14)24(28,29)30)19-11-37-21(31-19)12-5-6-16(18(9-12)22(33)34)17-3-1-2-4-20(17)32(35)36/h1-11,35-36H,(H,33,34). The van der Waals surface area contributed by atoms with Crippen LogP contribution in [0.3, 0.4) is 0 Å². The second-order valence-corrected chi connectivity index (χ2v) is 8.56. The van der Waals surface area contributed by atoms with Crippen molar-refractivity contribution in [1.29, 1.82) is 0 Å². The van der Waals surface area contributed by atoms with E-state index in [1.807, 2.05) is 0 Å². The van der Waals surface area contributed by atoms with Gasteiger partial charge in [-0.1, -0.05) is 30.3 Å². The first kappa shape index (κ1) is 26.1. The highest BCUT2D eigenvalue weighted by Gasteiger charge is 2.37. The summed E-state index contributed by atoms with van der Waals surface area (Å²) in [7, 11) is 0. The van der Waals surface area contributed by atoms with Gasteiger partial charge in [0.25, 0.3) is 0 Å². The topological polar surface area (TPSA) is 93.9 Å². The predicted molar refractivity (Wildman–Crippen MR) is 121 cm³/mol. The summed E-state index contributed by atoms with van der Waals surface area (Å²) >= 11 is 0.900. The van der Waals surface area contributed by atoms with E-state index in [2.05, 4.69) is 4.98 Å². The van der Waals surface area contributed by atoms with Gasteiger partial charge in [-0.15, -0.1) is 16.6 Å². The molecule has 1 heterocycles. The maximum Gasteiger partial charge on any atom is 0.416 e. The third-order valence-electron chi connectivity index (χ3n) is 5.29. The number of aromatic nitrogens is 1. The van der Waals surface area contributed by atoms with Gasteiger partial charge in [-0.25, -0.2) is 9.78 Å². The molecule has 6 nitrogen and oxygen atoms in total. The molecule has 0 radical (unpaired) electrons. The van der Waals surface area contributed by atoms with Gasteiger partial charge in [-0.3, -0.25) is 10.4 Å². The van der Waals surface area contributed by atoms with Crippen LogP contribution < -0.4 is 5.23 Å². The quantitative estimate of drug-likeness (QED) is 0.180. The summed E-state index contributed by atoms with van der Waals surface area (Å²) in [5, 5.41) is 30.0. The average Bonchev–Trinajstić information content (AvgIpc) is 3.32. The van der Waals surface area contributed by atoms with E-state index in [0.29, 0.717) is 12.1 Å². The van der Waals surface area contributed by atoms with E-state index in [9.17, 15) is 46.7 Å². The number of carboxylic acids is 1. The lowest BCUT2D eigenvalue weighted by molar-refractivity contribution is -0.143. The molecule has 0 fully saturated rings. The molecule has 0 bridgehead atoms. The van der Waals surface area contributed by atoms with Crippen LogP contribution in [0.4, 0.5) is 32.0 Å². The molecule has 1 aromatic heterocycles. The Balaban J connectivity index is 1.79. The number of hydrogen-bond acceptors (Lipinski definition) is 6. The van der Waals surface area contributed by atoms with Crippen LogP contribution in [0.2, 0.25) is 0 Å². The van der Waals surface area contributed by atoms with Gasteiger partial charge < -0.3 is 5.11 Å². The molecule has 0 atom stereocenters. The van der Waals surface area contributed by atoms with E-state index in [1.165, 1.54) is 41.8 Å². The molecular formula is C24H14F6N2O4S. The van der Waals surface area contributed by atoms with E-state index >= 15 is 0 Å². The highest BCUT2D eigenvalue weighted by atomic mass is 32.1. The van der Waals surface area contributed by atoms with E-state index in [-0.39, 0.29) is 49.9 Å². The van der Waals surface area contributed by atoms with Crippen LogP contribution in [0.25, 0.3) is 33.0 Å². The molecule has 192 valence electrons. The fraction of sp³-hybridized carbons (Fsp3) is 0.0833. The number of benzene rings is 3. The number of hydrogen-bond donors (Lipinski definition) is 3. The monoisotopic (exact) mass is 540 g/mol. The summed E-state index contributed by atoms with van der Waals surface area (Å²) in [5.41, 5.74) is -3.32. The molecule has 0 spiro atoms. The predicted octanol–water partition coefficient (Wildman–Crippen LogP) is 7.46. The molecule has 4 aromatic rings. The Bertz CT molecular complexity index is 1450. The molecular weight excluding hydrogens is 526 g/mol. The Hall–Kier alpha value is -3.94. The molecule has 37 heavy (non-hydrogen) atoms. The van der Waals surface area contributed by atoms with Gasteiger partial charge in [-0.2, -0.15) is 26.3 Å². The van der Waals surface area contributed by atoms with Crippen LogP contribution in [0, 0.1) is 0 Å². The smallest absolute Gasteiger partial charge is 0.416 e. The fourth-order valence-electron chi connectivity index (χ4n) is 3.61. The molecule has 0 aliphatic heterocycles. The summed E-state index contributed by atoms with van der Waals surface area (Å²) < 4.78 is 79.3. The van der Waals surface area contributed by atoms with E-state index in [1.54, 1.807) is 6.07 Å². The summed E-state index contributed by atoms with van der Waals surface area (Å²) in [6, 6.07) is 11.1. The van der Waals surface area contributed by atoms with Gasteiger partial charge in [0.2, 0.25) is 0 Å². The largest absolute Gasteiger partial charge is 0.478 e. The summed E-state index contributed by atoms with van der Waals surface area (Å²) in [5.74, 6) is -1.36. The number of carboxylic acid groups (broad SMARTS) is 1. The van der Waals surface area contributed by atoms with Gasteiger partial charge in [-0.05, 0) is 35.9 Å². The lowest BCUT2D eigenvalue weighted by Gasteiger charge is -2.15. The number of nitrogens with zero attached hydrogens (tertiary/aromatic N) is 2. The molecule has 0 saturated heterocycles. The van der Waals surface area contributed by atoms with Crippen LogP contribution in [0.1, 0.15) is 21.5 Å². The van der Waals surface area contributed by atoms with Crippen molar-refractivity contribution in [3.8, 4) is 33.0 Å². The molecule has 3 aromatic carbocycles. The molecule has 13 heteroatoms. The van der Waals surface area contributed by atoms with Gasteiger partial charge in [0.1, 0.15) is 10.7 Å². The number of thiazole rings is 1. The maximum atomic E-state index is 13.2. The minimum absolute atomic E-state index is 0.0202. The third-order valence-corrected chi connectivity index (χ3v) is 6.19. The minimum Gasteiger partial charge on any atom is -0.478 e. The van der Waals surface area contributed by atoms with Crippen molar-refractivity contribution in [2.45, 2.75) is 12.4 Å². The number of alkyl halides is 6. The fourth-order valence-corrected chi connectivity index (χ4v) is 4.43. The van der Waals surface area contributed by atoms with Crippen molar-refractivity contribution < 1.29 is 46.7 Å². The molecule has 0 amide bonds. The number of rotatable bonds is 5. The zero-order valence-electron chi connectivity index (χ0n) is 18.2. The minimum atomic E-state index is -5.02. The van der Waals surface area contributed by atoms with Crippen LogP contribution in [0.5, 0.6) is 0 Å². The third kappa shape index (κ3) is 5.43. The van der Waals surface area contributed by atoms with E-state index in [0.717, 1.165) is 11.3 Å². The normalized spacial score (nSPS) is 12.0. The molecule has 0 aliphatic carbocycles. The highest BCUT2D eigenvalue weighted by Crippen LogP contribution is 2.40. The maximum absolute atomic E-state index is 13.2. The second-order valence-electron chi connectivity index (χ2n) is 7.70.